The Morgan fingerprint density at radius 3 is 0.909 bits per heavy atom. The summed E-state index contributed by atoms with van der Waals surface area (Å²) in [4.78, 5) is 123. The average molecular weight is 1570 g/mol. The lowest BCUT2D eigenvalue weighted by atomic mass is 9.74. The molecule has 4 aliphatic carbocycles. The molecule has 3 aromatic carbocycles. The minimum Gasteiger partial charge on any atom is -0.480 e. The number of halogens is 14. The number of aliphatic carboxylic acids is 2. The van der Waals surface area contributed by atoms with Crippen molar-refractivity contribution in [2.24, 2.45) is 11.5 Å². The van der Waals surface area contributed by atoms with E-state index in [1.807, 2.05) is 0 Å². The normalized spacial score (nSPS) is 18.4. The Kier molecular flexibility index (Phi) is 23.7. The Balaban J connectivity index is 0.000000170. The molecule has 14 N–H and O–H groups in total. The van der Waals surface area contributed by atoms with Crippen molar-refractivity contribution < 1.29 is 135 Å². The summed E-state index contributed by atoms with van der Waals surface area (Å²) in [7, 11) is 0. The van der Waals surface area contributed by atoms with E-state index in [0.29, 0.717) is 75.2 Å². The highest BCUT2D eigenvalue weighted by Crippen LogP contribution is 2.48. The molecule has 110 heavy (non-hydrogen) atoms. The van der Waals surface area contributed by atoms with Gasteiger partial charge in [-0.15, -0.1) is 0 Å². The van der Waals surface area contributed by atoms with Crippen LogP contribution < -0.4 is 38.1 Å². The quantitative estimate of drug-likeness (QED) is 0.0218. The molecular weight excluding hydrogens is 1500 g/mol. The van der Waals surface area contributed by atoms with E-state index in [9.17, 15) is 120 Å². The van der Waals surface area contributed by atoms with Gasteiger partial charge in [-0.05, 0) is 112 Å². The summed E-state index contributed by atoms with van der Waals surface area (Å²) in [6.45, 7) is 3.81. The van der Waals surface area contributed by atoms with E-state index in [0.717, 1.165) is 36.4 Å². The summed E-state index contributed by atoms with van der Waals surface area (Å²) in [6, 6.07) is 8.69. The zero-order chi connectivity index (χ0) is 81.7. The van der Waals surface area contributed by atoms with Crippen LogP contribution in [0.4, 0.5) is 78.5 Å². The maximum atomic E-state index is 13.5. The molecule has 3 aromatic heterocycles. The van der Waals surface area contributed by atoms with E-state index in [1.54, 1.807) is 13.7 Å². The number of aromatic nitrogens is 3. The predicted molar refractivity (Wildman–Crippen MR) is 357 cm³/mol. The SMILES string of the molecule is Cc1c(C(=O)Nc2ccc(F)c(F)c2)c2n(c1C(=O)C(=O)NC1(CO)CC(F)(F)C1)CCC2.Cc1c(C(=O)Nc2ccc(F)c(F)c2)c2n(c1C(=O)C(=O)NC1(CO)CC(F)(F)C1)CCC2.Cc1c(C(=O)Nc2ccc(F)c(F)c2)c2n(c1C(=O)C(=O)O)CCC2.NC1(C(=O)O)CC(F)(F)C1.NC1(CO)CC(F)(F)C1. The van der Waals surface area contributed by atoms with Crippen LogP contribution in [-0.4, -0.2) is 164 Å². The Morgan fingerprint density at radius 2 is 0.691 bits per heavy atom. The van der Waals surface area contributed by atoms with E-state index in [1.165, 1.54) is 39.0 Å². The first-order chi connectivity index (χ1) is 51.1. The molecule has 594 valence electrons. The first-order valence-corrected chi connectivity index (χ1v) is 33.7. The summed E-state index contributed by atoms with van der Waals surface area (Å²) in [5.41, 5.74) is 7.20. The number of nitrogens with zero attached hydrogens (tertiary/aromatic N) is 3. The fraction of sp³-hybridized carbons (Fsp3) is 0.437. The lowest BCUT2D eigenvalue weighted by molar-refractivity contribution is -0.171. The highest BCUT2D eigenvalue weighted by atomic mass is 19.3. The largest absolute Gasteiger partial charge is 0.480 e. The van der Waals surface area contributed by atoms with Gasteiger partial charge in [-0.1, -0.05) is 0 Å². The summed E-state index contributed by atoms with van der Waals surface area (Å²) in [5, 5.41) is 56.5. The van der Waals surface area contributed by atoms with Crippen LogP contribution in [0, 0.1) is 55.7 Å². The number of aliphatic hydroxyl groups excluding tert-OH is 3. The van der Waals surface area contributed by atoms with Crippen molar-refractivity contribution in [2.45, 2.75) is 176 Å². The molecule has 4 saturated carbocycles. The van der Waals surface area contributed by atoms with Crippen LogP contribution in [0.5, 0.6) is 0 Å². The van der Waals surface area contributed by atoms with E-state index in [-0.39, 0.29) is 87.0 Å². The van der Waals surface area contributed by atoms with Crippen molar-refractivity contribution in [1.29, 1.82) is 0 Å². The molecule has 25 nitrogen and oxygen atoms in total. The zero-order valence-corrected chi connectivity index (χ0v) is 58.4. The van der Waals surface area contributed by atoms with Gasteiger partial charge < -0.3 is 77.3 Å². The number of amides is 5. The van der Waals surface area contributed by atoms with Crippen molar-refractivity contribution in [1.82, 2.24) is 24.3 Å². The lowest BCUT2D eigenvalue weighted by Crippen LogP contribution is -2.65. The fourth-order valence-corrected chi connectivity index (χ4v) is 14.6. The molecule has 13 rings (SSSR count). The number of hydrogen-bond acceptors (Lipinski definition) is 15. The molecule has 7 aliphatic rings. The second kappa shape index (κ2) is 31.2. The number of aliphatic hydroxyl groups is 3. The van der Waals surface area contributed by atoms with Gasteiger partial charge >= 0.3 is 11.9 Å². The molecule has 4 fully saturated rings. The molecule has 3 aliphatic heterocycles. The summed E-state index contributed by atoms with van der Waals surface area (Å²) >= 11 is 0. The van der Waals surface area contributed by atoms with Gasteiger partial charge in [0.2, 0.25) is 0 Å². The van der Waals surface area contributed by atoms with Crippen LogP contribution in [0.15, 0.2) is 54.6 Å². The molecule has 39 heteroatoms. The van der Waals surface area contributed by atoms with Crippen LogP contribution >= 0.6 is 0 Å². The van der Waals surface area contributed by atoms with E-state index >= 15 is 0 Å². The van der Waals surface area contributed by atoms with Gasteiger partial charge in [0.25, 0.3) is 70.6 Å². The van der Waals surface area contributed by atoms with Crippen LogP contribution in [0.2, 0.25) is 0 Å². The van der Waals surface area contributed by atoms with Gasteiger partial charge in [-0.2, -0.15) is 0 Å². The molecule has 0 spiro atoms. The molecule has 0 bridgehead atoms. The number of fused-ring (bicyclic) bond motifs is 3. The molecule has 0 radical (unpaired) electrons. The molecule has 0 unspecified atom stereocenters. The maximum absolute atomic E-state index is 13.5. The van der Waals surface area contributed by atoms with Crippen molar-refractivity contribution in [3.8, 4) is 0 Å². The van der Waals surface area contributed by atoms with Crippen molar-refractivity contribution in [2.75, 3.05) is 35.8 Å². The average Bonchev–Trinajstić information content (AvgIpc) is 1.37. The van der Waals surface area contributed by atoms with Crippen LogP contribution in [0.1, 0.15) is 167 Å². The second-order valence-corrected chi connectivity index (χ2v) is 28.3. The number of nitrogens with one attached hydrogen (secondary N) is 5. The molecule has 6 heterocycles. The fourth-order valence-electron chi connectivity index (χ4n) is 14.6. The minimum absolute atomic E-state index is 0.0117. The van der Waals surface area contributed by atoms with Crippen molar-refractivity contribution in [3.05, 3.63) is 157 Å². The zero-order valence-electron chi connectivity index (χ0n) is 58.4. The molecule has 0 saturated heterocycles. The number of anilines is 3. The third-order valence-electron chi connectivity index (χ3n) is 19.6. The molecular formula is C71H72F14N10O15. The van der Waals surface area contributed by atoms with E-state index < -0.39 is 191 Å². The number of carbonyl (C=O) groups excluding carboxylic acids is 8. The number of carboxylic acid groups (broad SMARTS) is 2. The summed E-state index contributed by atoms with van der Waals surface area (Å²) in [6.07, 6.45) is -2.03. The van der Waals surface area contributed by atoms with E-state index in [4.69, 9.17) is 26.8 Å². The Bertz CT molecular complexity index is 4550. The maximum Gasteiger partial charge on any atom is 0.378 e. The highest BCUT2D eigenvalue weighted by Gasteiger charge is 2.61. The number of alkyl halides is 8. The standard InChI is InChI=1S/2C22H21F4N3O4.C17H14F2N2O4.C5H7F2NO2.C5H9F2NO/c2*1-11-16(19(32)27-12-4-5-13(23)14(24)7-12)15-3-2-6-29(15)17(11)18(31)20(33)28-21(10-30)8-22(25,26)9-21;1-8-13(16(23)20-9-4-5-10(18)11(19)7-9)12-3-2-6-21(12)14(8)15(22)17(24)25;6-5(7)1-4(8,2-5)3(9)10;6-5(7)1-4(8,2-5)3-9/h2*4-5,7,30H,2-3,6,8-10H2,1H3,(H,27,32)(H,28,33);4-5,7H,2-3,6H2,1H3,(H,20,23)(H,24,25);1-2,8H2,(H,9,10);9H,1-3,8H2. The number of nitrogens with two attached hydrogens (primary N) is 2. The van der Waals surface area contributed by atoms with Gasteiger partial charge in [-0.3, -0.25) is 43.2 Å². The predicted octanol–water partition coefficient (Wildman–Crippen LogP) is 8.31. The van der Waals surface area contributed by atoms with E-state index in [2.05, 4.69) is 26.6 Å². The molecule has 0 atom stereocenters. The Morgan fingerprint density at radius 1 is 0.409 bits per heavy atom. The van der Waals surface area contributed by atoms with Crippen molar-refractivity contribution >= 4 is 75.9 Å². The smallest absolute Gasteiger partial charge is 0.378 e. The number of benzene rings is 3. The van der Waals surface area contributed by atoms with Gasteiger partial charge in [0, 0.05) is 123 Å². The van der Waals surface area contributed by atoms with Crippen molar-refractivity contribution in [3.63, 3.8) is 0 Å². The van der Waals surface area contributed by atoms with Crippen LogP contribution in [0.25, 0.3) is 0 Å². The Hall–Kier alpha value is -10.4. The molecule has 5 amide bonds. The van der Waals surface area contributed by atoms with Crippen LogP contribution in [-0.2, 0) is 58.1 Å². The Labute approximate surface area is 613 Å². The van der Waals surface area contributed by atoms with Crippen LogP contribution in [0.3, 0.4) is 0 Å². The number of ketones is 3. The number of rotatable bonds is 18. The first kappa shape index (κ1) is 83.7. The van der Waals surface area contributed by atoms with Gasteiger partial charge in [0.1, 0.15) is 11.2 Å². The van der Waals surface area contributed by atoms with Gasteiger partial charge in [0.15, 0.2) is 34.9 Å². The van der Waals surface area contributed by atoms with Gasteiger partial charge in [-0.25, -0.2) is 66.3 Å². The highest BCUT2D eigenvalue weighted by molar-refractivity contribution is 6.44. The number of hydrogen-bond donors (Lipinski definition) is 12. The summed E-state index contributed by atoms with van der Waals surface area (Å²) < 4.78 is 186. The number of carbonyl (C=O) groups is 10. The summed E-state index contributed by atoms with van der Waals surface area (Å²) in [5.74, 6) is -28.4. The number of Topliss-reactive ketones (excluding diaryl/α,β-unsaturated/α-hetero) is 3. The third kappa shape index (κ3) is 17.6. The number of carboxylic acids is 2. The first-order valence-electron chi connectivity index (χ1n) is 33.7. The third-order valence-corrected chi connectivity index (χ3v) is 19.6. The van der Waals surface area contributed by atoms with Gasteiger partial charge in [0.05, 0.1) is 64.5 Å². The molecule has 6 aromatic rings. The lowest BCUT2D eigenvalue weighted by Gasteiger charge is -2.46. The topological polar surface area (TPSA) is 399 Å². The minimum atomic E-state index is -3.03. The second-order valence-electron chi connectivity index (χ2n) is 28.3. The monoisotopic (exact) mass is 1570 g/mol.